The van der Waals surface area contributed by atoms with Crippen LogP contribution in [0.25, 0.3) is 0 Å². The Bertz CT molecular complexity index is 520. The lowest BCUT2D eigenvalue weighted by Gasteiger charge is -2.14. The van der Waals surface area contributed by atoms with Crippen LogP contribution in [0.5, 0.6) is 0 Å². The van der Waals surface area contributed by atoms with Crippen LogP contribution in [-0.2, 0) is 6.54 Å². The second-order valence-corrected chi connectivity index (χ2v) is 4.13. The number of imidazole rings is 1. The SMILES string of the molecule is CN(C)C(=O)c1ccccc1NCc1ncc[nH]1. The molecule has 1 heterocycles. The van der Waals surface area contributed by atoms with Crippen LogP contribution >= 0.6 is 0 Å². The van der Waals surface area contributed by atoms with Crippen LogP contribution in [-0.4, -0.2) is 34.9 Å². The third-order valence-corrected chi connectivity index (χ3v) is 2.56. The summed E-state index contributed by atoms with van der Waals surface area (Å²) < 4.78 is 0. The molecule has 2 aromatic rings. The van der Waals surface area contributed by atoms with Gasteiger partial charge in [-0.15, -0.1) is 0 Å². The maximum absolute atomic E-state index is 12.0. The summed E-state index contributed by atoms with van der Waals surface area (Å²) in [5.74, 6) is 0.819. The maximum Gasteiger partial charge on any atom is 0.255 e. The Morgan fingerprint density at radius 1 is 1.39 bits per heavy atom. The first-order valence-corrected chi connectivity index (χ1v) is 5.71. The van der Waals surface area contributed by atoms with Crippen molar-refractivity contribution in [2.75, 3.05) is 19.4 Å². The summed E-state index contributed by atoms with van der Waals surface area (Å²) in [6.45, 7) is 0.560. The number of anilines is 1. The first-order valence-electron chi connectivity index (χ1n) is 5.71. The zero-order valence-corrected chi connectivity index (χ0v) is 10.5. The molecule has 0 atom stereocenters. The maximum atomic E-state index is 12.0. The van der Waals surface area contributed by atoms with Gasteiger partial charge < -0.3 is 15.2 Å². The topological polar surface area (TPSA) is 61.0 Å². The fourth-order valence-electron chi connectivity index (χ4n) is 1.64. The van der Waals surface area contributed by atoms with Crippen molar-refractivity contribution in [2.45, 2.75) is 6.54 Å². The Hall–Kier alpha value is -2.30. The number of aromatic nitrogens is 2. The van der Waals surface area contributed by atoms with Gasteiger partial charge in [-0.3, -0.25) is 4.79 Å². The molecule has 5 heteroatoms. The summed E-state index contributed by atoms with van der Waals surface area (Å²) in [5, 5.41) is 3.21. The van der Waals surface area contributed by atoms with Gasteiger partial charge in [-0.2, -0.15) is 0 Å². The van der Waals surface area contributed by atoms with E-state index in [9.17, 15) is 4.79 Å². The van der Waals surface area contributed by atoms with Crippen molar-refractivity contribution in [3.63, 3.8) is 0 Å². The van der Waals surface area contributed by atoms with Crippen molar-refractivity contribution in [3.05, 3.63) is 48.0 Å². The molecule has 2 rings (SSSR count). The second-order valence-electron chi connectivity index (χ2n) is 4.13. The molecule has 0 aliphatic carbocycles. The predicted octanol–water partition coefficient (Wildman–Crippen LogP) is 1.72. The molecule has 0 saturated carbocycles. The van der Waals surface area contributed by atoms with Crippen molar-refractivity contribution in [2.24, 2.45) is 0 Å². The minimum atomic E-state index is -0.0162. The minimum absolute atomic E-state index is 0.0162. The van der Waals surface area contributed by atoms with Crippen LogP contribution in [0, 0.1) is 0 Å². The minimum Gasteiger partial charge on any atom is -0.377 e. The van der Waals surface area contributed by atoms with Crippen molar-refractivity contribution >= 4 is 11.6 Å². The normalized spacial score (nSPS) is 10.1. The van der Waals surface area contributed by atoms with E-state index in [0.29, 0.717) is 12.1 Å². The summed E-state index contributed by atoms with van der Waals surface area (Å²) in [4.78, 5) is 20.7. The molecular formula is C13H16N4O. The summed E-state index contributed by atoms with van der Waals surface area (Å²) in [7, 11) is 3.48. The number of aromatic amines is 1. The number of rotatable bonds is 4. The highest BCUT2D eigenvalue weighted by molar-refractivity contribution is 5.99. The molecule has 0 aliphatic heterocycles. The third kappa shape index (κ3) is 2.68. The number of para-hydroxylation sites is 1. The molecule has 18 heavy (non-hydrogen) atoms. The van der Waals surface area contributed by atoms with Gasteiger partial charge in [0.25, 0.3) is 5.91 Å². The van der Waals surface area contributed by atoms with Crippen LogP contribution in [0.2, 0.25) is 0 Å². The fourth-order valence-corrected chi connectivity index (χ4v) is 1.64. The van der Waals surface area contributed by atoms with E-state index >= 15 is 0 Å². The molecule has 5 nitrogen and oxygen atoms in total. The number of carbonyl (C=O) groups excluding carboxylic acids is 1. The van der Waals surface area contributed by atoms with Crippen LogP contribution in [0.3, 0.4) is 0 Å². The molecule has 0 spiro atoms. The average molecular weight is 244 g/mol. The predicted molar refractivity (Wildman–Crippen MR) is 70.4 cm³/mol. The second kappa shape index (κ2) is 5.35. The van der Waals surface area contributed by atoms with E-state index in [1.807, 2.05) is 24.3 Å². The zero-order chi connectivity index (χ0) is 13.0. The quantitative estimate of drug-likeness (QED) is 0.861. The van der Waals surface area contributed by atoms with E-state index in [0.717, 1.165) is 11.5 Å². The van der Waals surface area contributed by atoms with Crippen LogP contribution in [0.4, 0.5) is 5.69 Å². The first-order chi connectivity index (χ1) is 8.68. The third-order valence-electron chi connectivity index (χ3n) is 2.56. The summed E-state index contributed by atoms with van der Waals surface area (Å²) in [5.41, 5.74) is 1.47. The standard InChI is InChI=1S/C13H16N4O/c1-17(2)13(18)10-5-3-4-6-11(10)16-9-12-14-7-8-15-12/h3-8,16H,9H2,1-2H3,(H,14,15). The van der Waals surface area contributed by atoms with E-state index in [4.69, 9.17) is 0 Å². The summed E-state index contributed by atoms with van der Waals surface area (Å²) in [6.07, 6.45) is 3.47. The van der Waals surface area contributed by atoms with Crippen LogP contribution < -0.4 is 5.32 Å². The number of carbonyl (C=O) groups is 1. The van der Waals surface area contributed by atoms with Crippen LogP contribution in [0.1, 0.15) is 16.2 Å². The average Bonchev–Trinajstić information content (AvgIpc) is 2.89. The van der Waals surface area contributed by atoms with E-state index in [2.05, 4.69) is 15.3 Å². The van der Waals surface area contributed by atoms with Gasteiger partial charge in [0.2, 0.25) is 0 Å². The highest BCUT2D eigenvalue weighted by atomic mass is 16.2. The molecule has 1 aromatic heterocycles. The molecule has 0 unspecified atom stereocenters. The van der Waals surface area contributed by atoms with Crippen molar-refractivity contribution in [3.8, 4) is 0 Å². The smallest absolute Gasteiger partial charge is 0.255 e. The monoisotopic (exact) mass is 244 g/mol. The molecule has 94 valence electrons. The van der Waals surface area contributed by atoms with E-state index in [1.165, 1.54) is 0 Å². The van der Waals surface area contributed by atoms with Gasteiger partial charge in [0.15, 0.2) is 0 Å². The molecule has 1 aromatic carbocycles. The first kappa shape index (κ1) is 12.2. The van der Waals surface area contributed by atoms with Gasteiger partial charge >= 0.3 is 0 Å². The van der Waals surface area contributed by atoms with Crippen molar-refractivity contribution in [1.82, 2.24) is 14.9 Å². The molecule has 2 N–H and O–H groups in total. The Kier molecular flexibility index (Phi) is 3.62. The van der Waals surface area contributed by atoms with Gasteiger partial charge in [-0.1, -0.05) is 12.1 Å². The highest BCUT2D eigenvalue weighted by Gasteiger charge is 2.12. The number of hydrogen-bond donors (Lipinski definition) is 2. The largest absolute Gasteiger partial charge is 0.377 e. The molecule has 0 radical (unpaired) electrons. The highest BCUT2D eigenvalue weighted by Crippen LogP contribution is 2.16. The summed E-state index contributed by atoms with van der Waals surface area (Å²) in [6, 6.07) is 7.46. The van der Waals surface area contributed by atoms with Gasteiger partial charge in [-0.05, 0) is 12.1 Å². The molecule has 0 saturated heterocycles. The van der Waals surface area contributed by atoms with E-state index < -0.39 is 0 Å². The molecule has 1 amide bonds. The number of nitrogens with zero attached hydrogens (tertiary/aromatic N) is 2. The molecule has 0 aliphatic rings. The van der Waals surface area contributed by atoms with Crippen molar-refractivity contribution < 1.29 is 4.79 Å². The molecular weight excluding hydrogens is 228 g/mol. The number of amides is 1. The lowest BCUT2D eigenvalue weighted by atomic mass is 10.1. The van der Waals surface area contributed by atoms with Gasteiger partial charge in [0.1, 0.15) is 5.82 Å². The number of benzene rings is 1. The van der Waals surface area contributed by atoms with E-state index in [-0.39, 0.29) is 5.91 Å². The summed E-state index contributed by atoms with van der Waals surface area (Å²) >= 11 is 0. The lowest BCUT2D eigenvalue weighted by molar-refractivity contribution is 0.0828. The fraction of sp³-hybridized carbons (Fsp3) is 0.231. The lowest BCUT2D eigenvalue weighted by Crippen LogP contribution is -2.22. The Morgan fingerprint density at radius 3 is 2.83 bits per heavy atom. The number of H-pyrrole nitrogens is 1. The molecule has 0 bridgehead atoms. The van der Waals surface area contributed by atoms with Crippen LogP contribution in [0.15, 0.2) is 36.7 Å². The zero-order valence-electron chi connectivity index (χ0n) is 10.5. The number of hydrogen-bond acceptors (Lipinski definition) is 3. The van der Waals surface area contributed by atoms with Gasteiger partial charge in [0.05, 0.1) is 12.1 Å². The Morgan fingerprint density at radius 2 is 2.17 bits per heavy atom. The molecule has 0 fully saturated rings. The van der Waals surface area contributed by atoms with Gasteiger partial charge in [0, 0.05) is 32.2 Å². The van der Waals surface area contributed by atoms with Gasteiger partial charge in [-0.25, -0.2) is 4.98 Å². The Balaban J connectivity index is 2.15. The number of nitrogens with one attached hydrogen (secondary N) is 2. The Labute approximate surface area is 106 Å². The van der Waals surface area contributed by atoms with E-state index in [1.54, 1.807) is 31.4 Å². The van der Waals surface area contributed by atoms with Crippen molar-refractivity contribution in [1.29, 1.82) is 0 Å².